The molecule has 0 aliphatic carbocycles. The fourth-order valence-electron chi connectivity index (χ4n) is 1.13. The molecule has 1 aromatic heterocycles. The van der Waals surface area contributed by atoms with Gasteiger partial charge < -0.3 is 14.8 Å². The van der Waals surface area contributed by atoms with Crippen molar-refractivity contribution in [1.29, 1.82) is 0 Å². The number of rotatable bonds is 7. The van der Waals surface area contributed by atoms with Crippen molar-refractivity contribution < 1.29 is 9.47 Å². The molecule has 1 rings (SSSR count). The smallest absolute Gasteiger partial charge is 0.202 e. The summed E-state index contributed by atoms with van der Waals surface area (Å²) in [6, 6.07) is 0. The zero-order chi connectivity index (χ0) is 12.7. The van der Waals surface area contributed by atoms with Gasteiger partial charge in [0.2, 0.25) is 5.13 Å². The largest absolute Gasteiger partial charge is 0.382 e. The van der Waals surface area contributed by atoms with E-state index in [0.717, 1.165) is 17.4 Å². The van der Waals surface area contributed by atoms with Gasteiger partial charge in [0.15, 0.2) is 0 Å². The van der Waals surface area contributed by atoms with Gasteiger partial charge in [-0.25, -0.2) is 4.98 Å². The lowest BCUT2D eigenvalue weighted by atomic mass is 10.1. The molecule has 1 heterocycles. The van der Waals surface area contributed by atoms with Gasteiger partial charge in [-0.2, -0.15) is 4.37 Å². The van der Waals surface area contributed by atoms with Crippen molar-refractivity contribution in [2.24, 2.45) is 0 Å². The number of methoxy groups -OCH3 is 1. The molecule has 17 heavy (non-hydrogen) atoms. The number of hydrogen-bond acceptors (Lipinski definition) is 6. The van der Waals surface area contributed by atoms with Crippen LogP contribution in [-0.2, 0) is 15.9 Å². The first-order valence-electron chi connectivity index (χ1n) is 5.69. The van der Waals surface area contributed by atoms with Gasteiger partial charge in [-0.3, -0.25) is 0 Å². The Morgan fingerprint density at radius 1 is 1.24 bits per heavy atom. The summed E-state index contributed by atoms with van der Waals surface area (Å²) in [6.07, 6.45) is 0.742. The van der Waals surface area contributed by atoms with Crippen molar-refractivity contribution in [1.82, 2.24) is 9.36 Å². The lowest BCUT2D eigenvalue weighted by Crippen LogP contribution is -2.25. The molecule has 0 amide bonds. The molecular formula is C11H21N3O2S. The third-order valence-corrected chi connectivity index (χ3v) is 2.52. The topological polar surface area (TPSA) is 56.3 Å². The number of nitrogens with zero attached hydrogens (tertiary/aromatic N) is 2. The maximum atomic E-state index is 5.37. The maximum absolute atomic E-state index is 5.37. The Hall–Kier alpha value is -0.720. The summed E-state index contributed by atoms with van der Waals surface area (Å²) in [6.45, 7) is 8.18. The fourth-order valence-corrected chi connectivity index (χ4v) is 1.96. The second kappa shape index (κ2) is 6.88. The van der Waals surface area contributed by atoms with E-state index < -0.39 is 0 Å². The van der Waals surface area contributed by atoms with E-state index >= 15 is 0 Å². The van der Waals surface area contributed by atoms with Gasteiger partial charge in [0, 0.05) is 30.6 Å². The van der Waals surface area contributed by atoms with Crippen molar-refractivity contribution in [3.8, 4) is 0 Å². The molecule has 0 radical (unpaired) electrons. The van der Waals surface area contributed by atoms with Gasteiger partial charge in [0.25, 0.3) is 0 Å². The Kier molecular flexibility index (Phi) is 5.80. The maximum Gasteiger partial charge on any atom is 0.202 e. The molecule has 0 aromatic carbocycles. The Morgan fingerprint density at radius 2 is 2.00 bits per heavy atom. The summed E-state index contributed by atoms with van der Waals surface area (Å²) in [4.78, 5) is 4.40. The second-order valence-corrected chi connectivity index (χ2v) is 5.50. The van der Waals surface area contributed by atoms with E-state index in [0.29, 0.717) is 19.8 Å². The average molecular weight is 259 g/mol. The van der Waals surface area contributed by atoms with Gasteiger partial charge in [-0.1, -0.05) is 0 Å². The zero-order valence-corrected chi connectivity index (χ0v) is 11.8. The highest BCUT2D eigenvalue weighted by Crippen LogP contribution is 2.16. The molecule has 5 nitrogen and oxygen atoms in total. The van der Waals surface area contributed by atoms with Crippen LogP contribution in [0.25, 0.3) is 0 Å². The van der Waals surface area contributed by atoms with Crippen LogP contribution in [0.5, 0.6) is 0 Å². The molecule has 1 aromatic rings. The molecule has 0 unspecified atom stereocenters. The van der Waals surface area contributed by atoms with Crippen molar-refractivity contribution in [3.05, 3.63) is 5.82 Å². The highest BCUT2D eigenvalue weighted by Gasteiger charge is 2.12. The molecule has 0 fully saturated rings. The minimum atomic E-state index is 0.0196. The van der Waals surface area contributed by atoms with Crippen LogP contribution in [0.2, 0.25) is 0 Å². The molecule has 0 atom stereocenters. The lowest BCUT2D eigenvalue weighted by Gasteiger charge is -2.18. The molecular weight excluding hydrogens is 238 g/mol. The third kappa shape index (κ3) is 6.55. The van der Waals surface area contributed by atoms with Gasteiger partial charge >= 0.3 is 0 Å². The van der Waals surface area contributed by atoms with Gasteiger partial charge in [0.05, 0.1) is 19.8 Å². The van der Waals surface area contributed by atoms with Crippen LogP contribution in [0, 0.1) is 0 Å². The van der Waals surface area contributed by atoms with E-state index in [-0.39, 0.29) is 5.54 Å². The average Bonchev–Trinajstić information content (AvgIpc) is 2.63. The Bertz CT molecular complexity index is 323. The molecule has 0 aliphatic rings. The number of anilines is 1. The molecule has 0 bridgehead atoms. The lowest BCUT2D eigenvalue weighted by molar-refractivity contribution is 0.0717. The van der Waals surface area contributed by atoms with Crippen molar-refractivity contribution >= 4 is 16.7 Å². The van der Waals surface area contributed by atoms with E-state index in [1.165, 1.54) is 11.5 Å². The summed E-state index contributed by atoms with van der Waals surface area (Å²) in [5.41, 5.74) is 0.0196. The summed E-state index contributed by atoms with van der Waals surface area (Å²) < 4.78 is 14.5. The molecule has 0 spiro atoms. The molecule has 0 saturated carbocycles. The third-order valence-electron chi connectivity index (χ3n) is 1.85. The van der Waals surface area contributed by atoms with Crippen LogP contribution < -0.4 is 5.32 Å². The molecule has 1 N–H and O–H groups in total. The van der Waals surface area contributed by atoms with Crippen LogP contribution in [0.4, 0.5) is 5.13 Å². The quantitative estimate of drug-likeness (QED) is 0.759. The summed E-state index contributed by atoms with van der Waals surface area (Å²) >= 11 is 1.39. The Morgan fingerprint density at radius 3 is 2.65 bits per heavy atom. The Balaban J connectivity index is 2.26. The molecule has 6 heteroatoms. The first kappa shape index (κ1) is 14.3. The monoisotopic (exact) mass is 259 g/mol. The molecule has 0 aliphatic heterocycles. The van der Waals surface area contributed by atoms with Crippen LogP contribution in [-0.4, -0.2) is 41.8 Å². The van der Waals surface area contributed by atoms with Gasteiger partial charge in [-0.05, 0) is 20.8 Å². The zero-order valence-electron chi connectivity index (χ0n) is 10.9. The first-order chi connectivity index (χ1) is 8.01. The fraction of sp³-hybridized carbons (Fsp3) is 0.818. The second-order valence-electron chi connectivity index (χ2n) is 4.75. The summed E-state index contributed by atoms with van der Waals surface area (Å²) in [7, 11) is 1.66. The van der Waals surface area contributed by atoms with E-state index in [2.05, 4.69) is 35.4 Å². The van der Waals surface area contributed by atoms with Crippen LogP contribution in [0.3, 0.4) is 0 Å². The number of ether oxygens (including phenoxy) is 2. The van der Waals surface area contributed by atoms with Gasteiger partial charge in [-0.15, -0.1) is 0 Å². The molecule has 0 saturated heterocycles. The van der Waals surface area contributed by atoms with Crippen molar-refractivity contribution in [2.75, 3.05) is 32.2 Å². The highest BCUT2D eigenvalue weighted by molar-refractivity contribution is 7.09. The van der Waals surface area contributed by atoms with E-state index in [1.54, 1.807) is 7.11 Å². The number of aromatic nitrogens is 2. The first-order valence-corrected chi connectivity index (χ1v) is 6.46. The standard InChI is InChI=1S/C11H21N3O2S/c1-11(2,3)13-10-12-9(14-17-10)5-6-16-8-7-15-4/h5-8H2,1-4H3,(H,12,13,14). The van der Waals surface area contributed by atoms with E-state index in [4.69, 9.17) is 9.47 Å². The van der Waals surface area contributed by atoms with Crippen LogP contribution in [0.1, 0.15) is 26.6 Å². The predicted molar refractivity (Wildman–Crippen MR) is 69.7 cm³/mol. The normalized spacial score (nSPS) is 11.8. The predicted octanol–water partition coefficient (Wildman–Crippen LogP) is 1.95. The van der Waals surface area contributed by atoms with Crippen molar-refractivity contribution in [3.63, 3.8) is 0 Å². The highest BCUT2D eigenvalue weighted by atomic mass is 32.1. The van der Waals surface area contributed by atoms with Crippen molar-refractivity contribution in [2.45, 2.75) is 32.7 Å². The molecule has 98 valence electrons. The SMILES string of the molecule is COCCOCCc1nsc(NC(C)(C)C)n1. The summed E-state index contributed by atoms with van der Waals surface area (Å²) in [5, 5.41) is 4.16. The number of hydrogen-bond donors (Lipinski definition) is 1. The Labute approximate surface area is 107 Å². The number of nitrogens with one attached hydrogen (secondary N) is 1. The minimum absolute atomic E-state index is 0.0196. The van der Waals surface area contributed by atoms with E-state index in [9.17, 15) is 0 Å². The van der Waals surface area contributed by atoms with E-state index in [1.807, 2.05) is 0 Å². The summed E-state index contributed by atoms with van der Waals surface area (Å²) in [5.74, 6) is 0.833. The minimum Gasteiger partial charge on any atom is -0.382 e. The van der Waals surface area contributed by atoms with Gasteiger partial charge in [0.1, 0.15) is 5.82 Å². The van der Waals surface area contributed by atoms with Crippen LogP contribution >= 0.6 is 11.5 Å². The van der Waals surface area contributed by atoms with Crippen LogP contribution in [0.15, 0.2) is 0 Å².